The van der Waals surface area contributed by atoms with Gasteiger partial charge in [-0.25, -0.2) is 4.79 Å². The quantitative estimate of drug-likeness (QED) is 0.507. The maximum atomic E-state index is 12.3. The average Bonchev–Trinajstić information content (AvgIpc) is 3.21. The van der Waals surface area contributed by atoms with E-state index in [1.165, 1.54) is 11.1 Å². The van der Waals surface area contributed by atoms with Crippen molar-refractivity contribution in [3.05, 3.63) is 89.5 Å². The minimum Gasteiger partial charge on any atom is -0.465 e. The number of hydrogen-bond acceptors (Lipinski definition) is 4. The first-order chi connectivity index (χ1) is 17.2. The molecule has 1 aliphatic carbocycles. The Balaban J connectivity index is 1.06. The number of amides is 1. The molecule has 3 aliphatic rings. The Kier molecular flexibility index (Phi) is 5.82. The first-order valence-corrected chi connectivity index (χ1v) is 12.4. The number of ether oxygens (including phenoxy) is 2. The normalized spacial score (nSPS) is 22.1. The molecule has 6 heteroatoms. The Labute approximate surface area is 205 Å². The summed E-state index contributed by atoms with van der Waals surface area (Å²) in [5.41, 5.74) is 4.32. The standard InChI is InChI=1S/C29H30N2O4/c32-29(33)31(26-9-5-4-8-22(26)14-20-6-2-1-3-7-20)18-25-23-16-30(17-24(23)25)13-12-21-10-11-27-28(15-21)35-19-34-27/h1-11,15,23-25H,12-14,16-19H2,(H,32,33). The molecule has 1 N–H and O–H groups in total. The third-order valence-corrected chi connectivity index (χ3v) is 7.74. The maximum absolute atomic E-state index is 12.3. The van der Waals surface area contributed by atoms with E-state index in [0.717, 1.165) is 55.2 Å². The Hall–Kier alpha value is -3.51. The molecule has 3 aromatic rings. The molecular weight excluding hydrogens is 440 g/mol. The Morgan fingerprint density at radius 3 is 2.46 bits per heavy atom. The van der Waals surface area contributed by atoms with Gasteiger partial charge >= 0.3 is 6.09 Å². The Bertz CT molecular complexity index is 1200. The van der Waals surface area contributed by atoms with Gasteiger partial charge < -0.3 is 19.5 Å². The zero-order valence-electron chi connectivity index (χ0n) is 19.7. The average molecular weight is 471 g/mol. The van der Waals surface area contributed by atoms with E-state index in [9.17, 15) is 9.90 Å². The number of benzene rings is 3. The van der Waals surface area contributed by atoms with E-state index >= 15 is 0 Å². The van der Waals surface area contributed by atoms with Crippen LogP contribution >= 0.6 is 0 Å². The molecule has 3 aromatic carbocycles. The van der Waals surface area contributed by atoms with Gasteiger partial charge in [-0.3, -0.25) is 4.90 Å². The smallest absolute Gasteiger partial charge is 0.411 e. The molecule has 35 heavy (non-hydrogen) atoms. The molecule has 6 nitrogen and oxygen atoms in total. The lowest BCUT2D eigenvalue weighted by molar-refractivity contribution is 0.174. The van der Waals surface area contributed by atoms with E-state index in [2.05, 4.69) is 29.2 Å². The lowest BCUT2D eigenvalue weighted by atomic mass is 10.0. The number of hydrogen-bond donors (Lipinski definition) is 1. The summed E-state index contributed by atoms with van der Waals surface area (Å²) in [5.74, 6) is 3.29. The number of rotatable bonds is 8. The van der Waals surface area contributed by atoms with E-state index in [-0.39, 0.29) is 0 Å². The highest BCUT2D eigenvalue weighted by atomic mass is 16.7. The van der Waals surface area contributed by atoms with Crippen molar-refractivity contribution >= 4 is 11.8 Å². The van der Waals surface area contributed by atoms with Crippen LogP contribution in [0.3, 0.4) is 0 Å². The molecule has 180 valence electrons. The van der Waals surface area contributed by atoms with E-state index in [1.54, 1.807) is 4.90 Å². The summed E-state index contributed by atoms with van der Waals surface area (Å²) in [6.45, 7) is 4.01. The molecule has 0 spiro atoms. The highest BCUT2D eigenvalue weighted by molar-refractivity contribution is 5.87. The van der Waals surface area contributed by atoms with Crippen LogP contribution in [0.4, 0.5) is 10.5 Å². The summed E-state index contributed by atoms with van der Waals surface area (Å²) in [6, 6.07) is 24.3. The van der Waals surface area contributed by atoms with E-state index in [0.29, 0.717) is 31.1 Å². The summed E-state index contributed by atoms with van der Waals surface area (Å²) >= 11 is 0. The number of anilines is 1. The summed E-state index contributed by atoms with van der Waals surface area (Å²) in [7, 11) is 0. The number of nitrogens with zero attached hydrogens (tertiary/aromatic N) is 2. The number of fused-ring (bicyclic) bond motifs is 2. The van der Waals surface area contributed by atoms with Crippen LogP contribution in [-0.2, 0) is 12.8 Å². The van der Waals surface area contributed by atoms with Crippen molar-refractivity contribution in [3.8, 4) is 11.5 Å². The summed E-state index contributed by atoms with van der Waals surface area (Å²) in [4.78, 5) is 16.4. The zero-order valence-corrected chi connectivity index (χ0v) is 19.7. The van der Waals surface area contributed by atoms with Crippen molar-refractivity contribution in [2.75, 3.05) is 37.9 Å². The third-order valence-electron chi connectivity index (χ3n) is 7.74. The van der Waals surface area contributed by atoms with Crippen molar-refractivity contribution in [2.45, 2.75) is 12.8 Å². The first-order valence-electron chi connectivity index (χ1n) is 12.4. The highest BCUT2D eigenvalue weighted by Gasteiger charge is 2.56. The van der Waals surface area contributed by atoms with Gasteiger partial charge in [-0.1, -0.05) is 54.6 Å². The molecule has 2 aliphatic heterocycles. The van der Waals surface area contributed by atoms with Crippen molar-refractivity contribution in [3.63, 3.8) is 0 Å². The second kappa shape index (κ2) is 9.27. The molecule has 6 rings (SSSR count). The van der Waals surface area contributed by atoms with Gasteiger partial charge in [0.25, 0.3) is 0 Å². The van der Waals surface area contributed by atoms with Crippen molar-refractivity contribution in [1.82, 2.24) is 4.90 Å². The molecule has 1 saturated heterocycles. The van der Waals surface area contributed by atoms with Crippen LogP contribution in [0.1, 0.15) is 16.7 Å². The minimum atomic E-state index is -0.866. The van der Waals surface area contributed by atoms with Crippen LogP contribution in [0.2, 0.25) is 0 Å². The lowest BCUT2D eigenvalue weighted by Gasteiger charge is -2.25. The molecule has 2 unspecified atom stereocenters. The molecule has 2 heterocycles. The summed E-state index contributed by atoms with van der Waals surface area (Å²) in [5, 5.41) is 10.1. The van der Waals surface area contributed by atoms with Crippen LogP contribution in [0.15, 0.2) is 72.8 Å². The van der Waals surface area contributed by atoms with Gasteiger partial charge in [-0.15, -0.1) is 0 Å². The molecular formula is C29H30N2O4. The summed E-state index contributed by atoms with van der Waals surface area (Å²) in [6.07, 6.45) is 0.844. The van der Waals surface area contributed by atoms with Crippen LogP contribution in [0.25, 0.3) is 0 Å². The predicted octanol–water partition coefficient (Wildman–Crippen LogP) is 4.91. The molecule has 0 aromatic heterocycles. The topological polar surface area (TPSA) is 62.2 Å². The van der Waals surface area contributed by atoms with Crippen LogP contribution in [0, 0.1) is 17.8 Å². The van der Waals surface area contributed by atoms with Crippen LogP contribution in [-0.4, -0.2) is 49.1 Å². The molecule has 1 saturated carbocycles. The van der Waals surface area contributed by atoms with Crippen molar-refractivity contribution < 1.29 is 19.4 Å². The Morgan fingerprint density at radius 1 is 0.914 bits per heavy atom. The largest absolute Gasteiger partial charge is 0.465 e. The molecule has 0 bridgehead atoms. The van der Waals surface area contributed by atoms with E-state index < -0.39 is 6.09 Å². The second-order valence-corrected chi connectivity index (χ2v) is 9.87. The minimum absolute atomic E-state index is 0.305. The monoisotopic (exact) mass is 470 g/mol. The number of para-hydroxylation sites is 1. The fraction of sp³-hybridized carbons (Fsp3) is 0.345. The molecule has 1 amide bonds. The fourth-order valence-electron chi connectivity index (χ4n) is 5.80. The van der Waals surface area contributed by atoms with E-state index in [4.69, 9.17) is 9.47 Å². The van der Waals surface area contributed by atoms with Gasteiger partial charge in [0.1, 0.15) is 0 Å². The zero-order chi connectivity index (χ0) is 23.8. The SMILES string of the molecule is O=C(O)N(CC1C2CN(CCc3ccc4c(c3)OCO4)CC21)c1ccccc1Cc1ccccc1. The summed E-state index contributed by atoms with van der Waals surface area (Å²) < 4.78 is 10.9. The van der Waals surface area contributed by atoms with Gasteiger partial charge in [0, 0.05) is 26.2 Å². The van der Waals surface area contributed by atoms with Crippen LogP contribution < -0.4 is 14.4 Å². The van der Waals surface area contributed by atoms with Crippen molar-refractivity contribution in [1.29, 1.82) is 0 Å². The number of carbonyl (C=O) groups is 1. The fourth-order valence-corrected chi connectivity index (χ4v) is 5.80. The molecule has 2 fully saturated rings. The molecule has 0 radical (unpaired) electrons. The van der Waals surface area contributed by atoms with Crippen molar-refractivity contribution in [2.24, 2.45) is 17.8 Å². The van der Waals surface area contributed by atoms with E-state index in [1.807, 2.05) is 48.5 Å². The highest BCUT2D eigenvalue weighted by Crippen LogP contribution is 2.52. The number of piperidine rings is 1. The lowest BCUT2D eigenvalue weighted by Crippen LogP contribution is -2.35. The third kappa shape index (κ3) is 4.58. The van der Waals surface area contributed by atoms with Gasteiger partial charge in [0.05, 0.1) is 5.69 Å². The van der Waals surface area contributed by atoms with Gasteiger partial charge in [0.15, 0.2) is 11.5 Å². The second-order valence-electron chi connectivity index (χ2n) is 9.87. The Morgan fingerprint density at radius 2 is 1.66 bits per heavy atom. The number of likely N-dealkylation sites (tertiary alicyclic amines) is 1. The van der Waals surface area contributed by atoms with Gasteiger partial charge in [0.2, 0.25) is 6.79 Å². The predicted molar refractivity (Wildman–Crippen MR) is 134 cm³/mol. The first kappa shape index (κ1) is 22.0. The van der Waals surface area contributed by atoms with Crippen LogP contribution in [0.5, 0.6) is 11.5 Å². The maximum Gasteiger partial charge on any atom is 0.411 e. The van der Waals surface area contributed by atoms with Gasteiger partial charge in [-0.05, 0) is 65.5 Å². The van der Waals surface area contributed by atoms with Gasteiger partial charge in [-0.2, -0.15) is 0 Å². The molecule has 2 atom stereocenters. The number of carboxylic acid groups (broad SMARTS) is 1.